The Balaban J connectivity index is 1.55. The molecule has 1 fully saturated rings. The number of tetrazole rings is 1. The number of carbonyl (C=O) groups is 1. The molecule has 1 aliphatic heterocycles. The van der Waals surface area contributed by atoms with Crippen molar-refractivity contribution < 1.29 is 9.21 Å². The Labute approximate surface area is 155 Å². The lowest BCUT2D eigenvalue weighted by Gasteiger charge is -2.01. The molecule has 1 amide bonds. The van der Waals surface area contributed by atoms with E-state index in [9.17, 15) is 4.79 Å². The maximum atomic E-state index is 11.7. The van der Waals surface area contributed by atoms with Crippen LogP contribution >= 0.6 is 35.7 Å². The van der Waals surface area contributed by atoms with Gasteiger partial charge < -0.3 is 9.73 Å². The maximum absolute atomic E-state index is 11.7. The molecule has 1 aliphatic rings. The van der Waals surface area contributed by atoms with Gasteiger partial charge >= 0.3 is 0 Å². The number of amides is 1. The molecule has 25 heavy (non-hydrogen) atoms. The highest BCUT2D eigenvalue weighted by Gasteiger charge is 2.22. The summed E-state index contributed by atoms with van der Waals surface area (Å²) in [5.41, 5.74) is 0.858. The van der Waals surface area contributed by atoms with Gasteiger partial charge in [0.2, 0.25) is 5.16 Å². The summed E-state index contributed by atoms with van der Waals surface area (Å²) in [6.07, 6.45) is 1.66. The zero-order valence-corrected chi connectivity index (χ0v) is 14.9. The van der Waals surface area contributed by atoms with Crippen molar-refractivity contribution in [1.29, 1.82) is 0 Å². The first kappa shape index (κ1) is 16.1. The van der Waals surface area contributed by atoms with Crippen LogP contribution in [0.3, 0.4) is 0 Å². The SMILES string of the molecule is O=C1NC(=S)S/C1=C\c1ccc(Sc2nnnn2-c2ccccc2)o1. The molecule has 1 saturated heterocycles. The minimum absolute atomic E-state index is 0.214. The Kier molecular flexibility index (Phi) is 4.38. The maximum Gasteiger partial charge on any atom is 0.263 e. The van der Waals surface area contributed by atoms with Crippen molar-refractivity contribution in [1.82, 2.24) is 25.5 Å². The summed E-state index contributed by atoms with van der Waals surface area (Å²) < 4.78 is 7.81. The van der Waals surface area contributed by atoms with E-state index >= 15 is 0 Å². The number of benzene rings is 1. The summed E-state index contributed by atoms with van der Waals surface area (Å²) in [6.45, 7) is 0. The van der Waals surface area contributed by atoms with Crippen LogP contribution in [0.2, 0.25) is 0 Å². The third-order valence-corrected chi connectivity index (χ3v) is 5.17. The first-order valence-corrected chi connectivity index (χ1v) is 9.09. The Morgan fingerprint density at radius 3 is 2.84 bits per heavy atom. The van der Waals surface area contributed by atoms with E-state index < -0.39 is 0 Å². The van der Waals surface area contributed by atoms with E-state index in [0.29, 0.717) is 25.2 Å². The molecular formula is C15H9N5O2S3. The molecule has 0 aliphatic carbocycles. The van der Waals surface area contributed by atoms with Crippen LogP contribution in [0.4, 0.5) is 0 Å². The van der Waals surface area contributed by atoms with Crippen LogP contribution in [0, 0.1) is 0 Å². The fourth-order valence-corrected chi connectivity index (χ4v) is 3.86. The van der Waals surface area contributed by atoms with Crippen LogP contribution in [-0.4, -0.2) is 30.4 Å². The summed E-state index contributed by atoms with van der Waals surface area (Å²) in [5.74, 6) is 0.345. The molecule has 0 spiro atoms. The van der Waals surface area contributed by atoms with Crippen molar-refractivity contribution in [3.05, 3.63) is 53.1 Å². The van der Waals surface area contributed by atoms with Crippen LogP contribution < -0.4 is 5.32 Å². The highest BCUT2D eigenvalue weighted by atomic mass is 32.2. The Morgan fingerprint density at radius 1 is 1.24 bits per heavy atom. The number of hydrogen-bond donors (Lipinski definition) is 1. The molecule has 0 bridgehead atoms. The fourth-order valence-electron chi connectivity index (χ4n) is 2.08. The molecule has 0 saturated carbocycles. The predicted octanol–water partition coefficient (Wildman–Crippen LogP) is 2.90. The number of nitrogens with zero attached hydrogens (tertiary/aromatic N) is 4. The number of aromatic nitrogens is 4. The molecular weight excluding hydrogens is 378 g/mol. The molecule has 4 rings (SSSR count). The number of thiocarbonyl (C=S) groups is 1. The highest BCUT2D eigenvalue weighted by molar-refractivity contribution is 8.26. The Bertz CT molecular complexity index is 980. The van der Waals surface area contributed by atoms with Crippen molar-refractivity contribution in [3.63, 3.8) is 0 Å². The molecule has 7 nitrogen and oxygen atoms in total. The summed E-state index contributed by atoms with van der Waals surface area (Å²) in [6, 6.07) is 13.2. The molecule has 1 aromatic carbocycles. The molecule has 3 heterocycles. The van der Waals surface area contributed by atoms with Gasteiger partial charge in [0.05, 0.1) is 10.6 Å². The van der Waals surface area contributed by atoms with Gasteiger partial charge in [0.25, 0.3) is 5.91 Å². The van der Waals surface area contributed by atoms with Crippen molar-refractivity contribution in [3.8, 4) is 5.69 Å². The van der Waals surface area contributed by atoms with Crippen LogP contribution in [0.15, 0.2) is 62.0 Å². The smallest absolute Gasteiger partial charge is 0.263 e. The van der Waals surface area contributed by atoms with Crippen molar-refractivity contribution in [2.45, 2.75) is 10.2 Å². The second-order valence-corrected chi connectivity index (χ2v) is 7.51. The average Bonchev–Trinajstić information content (AvgIpc) is 3.31. The number of rotatable bonds is 4. The van der Waals surface area contributed by atoms with E-state index in [1.807, 2.05) is 30.3 Å². The lowest BCUT2D eigenvalue weighted by atomic mass is 10.3. The fraction of sp³-hybridized carbons (Fsp3) is 0. The molecule has 10 heteroatoms. The van der Waals surface area contributed by atoms with E-state index in [1.54, 1.807) is 22.9 Å². The van der Waals surface area contributed by atoms with Crippen LogP contribution in [0.1, 0.15) is 5.76 Å². The summed E-state index contributed by atoms with van der Waals surface area (Å²) in [5, 5.41) is 15.5. The van der Waals surface area contributed by atoms with E-state index in [1.165, 1.54) is 23.5 Å². The standard InChI is InChI=1S/C15H9N5O2S3/c21-13-11(24-15(23)16-13)8-10-6-7-12(22-10)25-14-17-18-19-20(14)9-4-2-1-3-5-9/h1-8H,(H,16,21,23)/b11-8-. The van der Waals surface area contributed by atoms with E-state index in [4.69, 9.17) is 16.6 Å². The first-order chi connectivity index (χ1) is 12.2. The van der Waals surface area contributed by atoms with Crippen molar-refractivity contribution in [2.24, 2.45) is 0 Å². The monoisotopic (exact) mass is 387 g/mol. The highest BCUT2D eigenvalue weighted by Crippen LogP contribution is 2.31. The van der Waals surface area contributed by atoms with Crippen molar-refractivity contribution >= 4 is 52.0 Å². The van der Waals surface area contributed by atoms with Crippen LogP contribution in [0.25, 0.3) is 11.8 Å². The summed E-state index contributed by atoms with van der Waals surface area (Å²) in [7, 11) is 0. The molecule has 0 radical (unpaired) electrons. The van der Waals surface area contributed by atoms with Crippen LogP contribution in [-0.2, 0) is 4.79 Å². The van der Waals surface area contributed by atoms with Gasteiger partial charge in [-0.25, -0.2) is 0 Å². The Morgan fingerprint density at radius 2 is 2.08 bits per heavy atom. The lowest BCUT2D eigenvalue weighted by molar-refractivity contribution is -0.115. The molecule has 1 N–H and O–H groups in total. The molecule has 0 atom stereocenters. The number of furan rings is 1. The van der Waals surface area contributed by atoms with Gasteiger partial charge in [-0.15, -0.1) is 5.10 Å². The van der Waals surface area contributed by atoms with Gasteiger partial charge in [-0.2, -0.15) is 4.68 Å². The molecule has 0 unspecified atom stereocenters. The average molecular weight is 387 g/mol. The van der Waals surface area contributed by atoms with E-state index in [-0.39, 0.29) is 5.91 Å². The third kappa shape index (κ3) is 3.50. The minimum atomic E-state index is -0.214. The second kappa shape index (κ2) is 6.82. The summed E-state index contributed by atoms with van der Waals surface area (Å²) >= 11 is 7.47. The van der Waals surface area contributed by atoms with Gasteiger partial charge in [0, 0.05) is 6.08 Å². The quantitative estimate of drug-likeness (QED) is 0.540. The van der Waals surface area contributed by atoms with Gasteiger partial charge in [-0.1, -0.05) is 42.2 Å². The topological polar surface area (TPSA) is 85.8 Å². The minimum Gasteiger partial charge on any atom is -0.450 e. The molecule has 2 aromatic heterocycles. The molecule has 3 aromatic rings. The number of hydrogen-bond acceptors (Lipinski definition) is 8. The van der Waals surface area contributed by atoms with E-state index in [0.717, 1.165) is 5.69 Å². The first-order valence-electron chi connectivity index (χ1n) is 7.05. The van der Waals surface area contributed by atoms with Gasteiger partial charge in [0.1, 0.15) is 10.1 Å². The van der Waals surface area contributed by atoms with Gasteiger partial charge in [0.15, 0.2) is 5.09 Å². The largest absolute Gasteiger partial charge is 0.450 e. The number of nitrogens with one attached hydrogen (secondary N) is 1. The number of para-hydroxylation sites is 1. The lowest BCUT2D eigenvalue weighted by Crippen LogP contribution is -2.17. The zero-order chi connectivity index (χ0) is 17.2. The van der Waals surface area contributed by atoms with Crippen LogP contribution in [0.5, 0.6) is 0 Å². The second-order valence-electron chi connectivity index (χ2n) is 4.82. The van der Waals surface area contributed by atoms with Gasteiger partial charge in [-0.3, -0.25) is 4.79 Å². The van der Waals surface area contributed by atoms with Gasteiger partial charge in [-0.05, 0) is 46.5 Å². The zero-order valence-electron chi connectivity index (χ0n) is 12.4. The summed E-state index contributed by atoms with van der Waals surface area (Å²) in [4.78, 5) is 12.2. The normalized spacial score (nSPS) is 15.8. The number of carbonyl (C=O) groups excluding carboxylic acids is 1. The molecule has 124 valence electrons. The third-order valence-electron chi connectivity index (χ3n) is 3.15. The van der Waals surface area contributed by atoms with E-state index in [2.05, 4.69) is 20.8 Å². The predicted molar refractivity (Wildman–Crippen MR) is 98.3 cm³/mol. The number of thioether (sulfide) groups is 1. The van der Waals surface area contributed by atoms with Crippen molar-refractivity contribution in [2.75, 3.05) is 0 Å². The Hall–Kier alpha value is -2.43.